The molecule has 0 radical (unpaired) electrons. The van der Waals surface area contributed by atoms with Crippen LogP contribution in [0, 0.1) is 26.1 Å². The average molecular weight is 558 g/mol. The number of rotatable bonds is 8. The van der Waals surface area contributed by atoms with Gasteiger partial charge in [0.2, 0.25) is 0 Å². The molecule has 208 valence electrons. The smallest absolute Gasteiger partial charge is 0.335 e. The Balaban J connectivity index is 1.99. The Morgan fingerprint density at radius 1 is 0.946 bits per heavy atom. The van der Waals surface area contributed by atoms with Crippen molar-refractivity contribution in [2.75, 3.05) is 11.9 Å². The largest absolute Gasteiger partial charge is 0.414 e. The molecule has 0 aromatic heterocycles. The van der Waals surface area contributed by atoms with Gasteiger partial charge in [-0.15, -0.1) is 0 Å². The number of nitrogens with one attached hydrogen (secondary N) is 1. The fourth-order valence-electron chi connectivity index (χ4n) is 5.81. The van der Waals surface area contributed by atoms with Crippen LogP contribution in [0.25, 0.3) is 0 Å². The Bertz CT molecular complexity index is 995. The predicted molar refractivity (Wildman–Crippen MR) is 144 cm³/mol. The Hall–Kier alpha value is -1.94. The van der Waals surface area contributed by atoms with Gasteiger partial charge < -0.3 is 18.3 Å². The van der Waals surface area contributed by atoms with Crippen molar-refractivity contribution in [3.05, 3.63) is 38.4 Å². The number of alkyl halides is 1. The lowest BCUT2D eigenvalue weighted by molar-refractivity contribution is -0.393. The molecule has 0 amide bonds. The molecule has 1 heterocycles. The standard InChI is InChI=1S/C24H40FN3O7Si2/c1-14(2)36(15(3)4)33-13-18-11-21(23(25)24(18)34-37(35-36,16(5)6)17(7)8)26-20-10-9-19(27(29)30)12-22(20)28(31)32/h9-10,12,14-18,21,23-24,26H,11,13H2,1-8H3/t18?,21-,23-,24?/m0/s1. The van der Waals surface area contributed by atoms with Crippen molar-refractivity contribution in [1.29, 1.82) is 0 Å². The molecule has 1 aromatic carbocycles. The summed E-state index contributed by atoms with van der Waals surface area (Å²) in [6, 6.07) is 2.55. The fourth-order valence-corrected chi connectivity index (χ4v) is 17.1. The second-order valence-electron chi connectivity index (χ2n) is 11.5. The van der Waals surface area contributed by atoms with Gasteiger partial charge in [-0.25, -0.2) is 4.39 Å². The van der Waals surface area contributed by atoms with Gasteiger partial charge in [-0.2, -0.15) is 0 Å². The molecule has 0 bridgehead atoms. The number of halogens is 1. The molecule has 1 aromatic rings. The molecule has 1 aliphatic heterocycles. The number of anilines is 1. The number of nitro groups is 2. The first kappa shape index (κ1) is 29.6. The van der Waals surface area contributed by atoms with Gasteiger partial charge in [-0.05, 0) is 34.7 Å². The number of nitrogens with zero attached hydrogens (tertiary/aromatic N) is 2. The summed E-state index contributed by atoms with van der Waals surface area (Å²) >= 11 is 0. The highest BCUT2D eigenvalue weighted by molar-refractivity contribution is 6.83. The Morgan fingerprint density at radius 3 is 2.00 bits per heavy atom. The molecule has 2 aliphatic rings. The van der Waals surface area contributed by atoms with Crippen LogP contribution in [0.5, 0.6) is 0 Å². The number of fused-ring (bicyclic) bond motifs is 1. The van der Waals surface area contributed by atoms with Crippen molar-refractivity contribution in [1.82, 2.24) is 0 Å². The molecule has 1 saturated carbocycles. The van der Waals surface area contributed by atoms with Crippen LogP contribution in [0.3, 0.4) is 0 Å². The molecule has 2 fully saturated rings. The van der Waals surface area contributed by atoms with E-state index >= 15 is 4.39 Å². The van der Waals surface area contributed by atoms with E-state index in [1.165, 1.54) is 12.1 Å². The van der Waals surface area contributed by atoms with Crippen LogP contribution in [0.2, 0.25) is 22.2 Å². The zero-order chi connectivity index (χ0) is 27.9. The summed E-state index contributed by atoms with van der Waals surface area (Å²) in [5.74, 6) is -0.262. The number of non-ortho nitro benzene ring substituents is 1. The number of hydrogen-bond acceptors (Lipinski definition) is 8. The van der Waals surface area contributed by atoms with E-state index in [9.17, 15) is 20.2 Å². The van der Waals surface area contributed by atoms with Crippen LogP contribution in [0.1, 0.15) is 61.8 Å². The molecular formula is C24H40FN3O7Si2. The van der Waals surface area contributed by atoms with E-state index in [0.717, 1.165) is 6.07 Å². The summed E-state index contributed by atoms with van der Waals surface area (Å²) in [7, 11) is -5.75. The van der Waals surface area contributed by atoms with E-state index < -0.39 is 56.7 Å². The monoisotopic (exact) mass is 557 g/mol. The first-order valence-electron chi connectivity index (χ1n) is 13.0. The van der Waals surface area contributed by atoms with Gasteiger partial charge in [0.25, 0.3) is 11.4 Å². The van der Waals surface area contributed by atoms with E-state index in [0.29, 0.717) is 6.42 Å². The highest BCUT2D eigenvalue weighted by atomic mass is 28.5. The van der Waals surface area contributed by atoms with Crippen molar-refractivity contribution in [3.8, 4) is 0 Å². The lowest BCUT2D eigenvalue weighted by atomic mass is 10.1. The minimum atomic E-state index is -2.99. The molecule has 10 nitrogen and oxygen atoms in total. The van der Waals surface area contributed by atoms with Crippen LogP contribution < -0.4 is 5.32 Å². The van der Waals surface area contributed by atoms with Gasteiger partial charge in [0.15, 0.2) is 0 Å². The third-order valence-corrected chi connectivity index (χ3v) is 18.1. The summed E-state index contributed by atoms with van der Waals surface area (Å²) in [6.07, 6.45) is -1.90. The minimum absolute atomic E-state index is 0.0407. The topological polar surface area (TPSA) is 126 Å². The zero-order valence-electron chi connectivity index (χ0n) is 22.9. The minimum Gasteiger partial charge on any atom is -0.414 e. The van der Waals surface area contributed by atoms with Crippen molar-refractivity contribution in [2.45, 2.75) is 102 Å². The molecule has 4 atom stereocenters. The number of benzene rings is 1. The van der Waals surface area contributed by atoms with Crippen LogP contribution in [0.4, 0.5) is 21.5 Å². The predicted octanol–water partition coefficient (Wildman–Crippen LogP) is 6.60. The SMILES string of the molecule is CC(C)[Si]1(C(C)C)OCC2C[C@H](Nc3ccc([N+](=O)[O-])cc3[N+](=O)[O-])[C@H](F)C2O[Si](C(C)C)(C(C)C)O1. The zero-order valence-corrected chi connectivity index (χ0v) is 24.9. The first-order chi connectivity index (χ1) is 17.2. The second-order valence-corrected chi connectivity index (χ2v) is 20.3. The van der Waals surface area contributed by atoms with E-state index in [-0.39, 0.29) is 40.4 Å². The highest BCUT2D eigenvalue weighted by Crippen LogP contribution is 2.49. The van der Waals surface area contributed by atoms with Crippen molar-refractivity contribution in [3.63, 3.8) is 0 Å². The maximum atomic E-state index is 16.1. The fraction of sp³-hybridized carbons (Fsp3) is 0.750. The maximum Gasteiger partial charge on any atom is 0.335 e. The summed E-state index contributed by atoms with van der Waals surface area (Å²) in [5, 5.41) is 25.7. The number of nitro benzene ring substituents is 2. The van der Waals surface area contributed by atoms with Crippen LogP contribution in [-0.4, -0.2) is 51.9 Å². The Morgan fingerprint density at radius 2 is 1.51 bits per heavy atom. The molecule has 1 aliphatic carbocycles. The molecule has 37 heavy (non-hydrogen) atoms. The summed E-state index contributed by atoms with van der Waals surface area (Å²) < 4.78 is 36.7. The van der Waals surface area contributed by atoms with Crippen LogP contribution in [-0.2, 0) is 13.0 Å². The summed E-state index contributed by atoms with van der Waals surface area (Å²) in [4.78, 5) is 21.3. The van der Waals surface area contributed by atoms with Gasteiger partial charge in [-0.3, -0.25) is 20.2 Å². The van der Waals surface area contributed by atoms with Gasteiger partial charge >= 0.3 is 17.1 Å². The third-order valence-electron chi connectivity index (χ3n) is 7.83. The van der Waals surface area contributed by atoms with Crippen molar-refractivity contribution < 1.29 is 27.2 Å². The van der Waals surface area contributed by atoms with Gasteiger partial charge in [0, 0.05) is 18.6 Å². The van der Waals surface area contributed by atoms with Crippen molar-refractivity contribution >= 4 is 34.2 Å². The molecule has 3 rings (SSSR count). The van der Waals surface area contributed by atoms with Gasteiger partial charge in [0.05, 0.1) is 28.1 Å². The molecule has 1 N–H and O–H groups in total. The Kier molecular flexibility index (Phi) is 8.84. The van der Waals surface area contributed by atoms with Crippen LogP contribution in [0.15, 0.2) is 18.2 Å². The van der Waals surface area contributed by atoms with Crippen LogP contribution >= 0.6 is 0 Å². The molecule has 13 heteroatoms. The lowest BCUT2D eigenvalue weighted by Gasteiger charge is -2.51. The van der Waals surface area contributed by atoms with Crippen molar-refractivity contribution in [2.24, 2.45) is 5.92 Å². The first-order valence-corrected chi connectivity index (χ1v) is 17.0. The average Bonchev–Trinajstić information content (AvgIpc) is 3.06. The third kappa shape index (κ3) is 5.46. The van der Waals surface area contributed by atoms with Gasteiger partial charge in [0.1, 0.15) is 11.9 Å². The van der Waals surface area contributed by atoms with E-state index in [1.807, 2.05) is 0 Å². The van der Waals surface area contributed by atoms with Gasteiger partial charge in [-0.1, -0.05) is 55.4 Å². The summed E-state index contributed by atoms with van der Waals surface area (Å²) in [5.41, 5.74) is -0.399. The Labute approximate surface area is 220 Å². The van der Waals surface area contributed by atoms with E-state index in [1.54, 1.807) is 0 Å². The second kappa shape index (κ2) is 11.0. The quantitative estimate of drug-likeness (QED) is 0.215. The molecule has 0 spiro atoms. The normalized spacial score (nSPS) is 27.3. The van der Waals surface area contributed by atoms with E-state index in [4.69, 9.17) is 13.0 Å². The summed E-state index contributed by atoms with van der Waals surface area (Å²) in [6.45, 7) is 17.1. The molecule has 2 unspecified atom stereocenters. The van der Waals surface area contributed by atoms with E-state index in [2.05, 4.69) is 60.7 Å². The maximum absolute atomic E-state index is 16.1. The number of hydrogen-bond donors (Lipinski definition) is 1. The molecular weight excluding hydrogens is 517 g/mol. The lowest BCUT2D eigenvalue weighted by Crippen LogP contribution is -2.65. The highest BCUT2D eigenvalue weighted by Gasteiger charge is 2.61. The molecule has 1 saturated heterocycles.